The molecule has 134 valence electrons. The SMILES string of the molecule is COCCn1cccc1/C=C1\SC(=Nc2ccccc2)C(C(=O)O)=C1O. The molecule has 0 unspecified atom stereocenters. The van der Waals surface area contributed by atoms with Gasteiger partial charge in [0.2, 0.25) is 0 Å². The summed E-state index contributed by atoms with van der Waals surface area (Å²) in [6, 6.07) is 12.8. The van der Waals surface area contributed by atoms with Crippen LogP contribution in [-0.4, -0.2) is 39.5 Å². The highest BCUT2D eigenvalue weighted by Gasteiger charge is 2.32. The first-order valence-corrected chi connectivity index (χ1v) is 8.76. The number of carbonyl (C=O) groups is 1. The normalized spacial score (nSPS) is 17.4. The molecule has 6 nitrogen and oxygen atoms in total. The summed E-state index contributed by atoms with van der Waals surface area (Å²) in [6.07, 6.45) is 3.66. The van der Waals surface area contributed by atoms with Crippen LogP contribution in [-0.2, 0) is 16.1 Å². The number of benzene rings is 1. The highest BCUT2D eigenvalue weighted by atomic mass is 32.2. The van der Waals surface area contributed by atoms with Crippen LogP contribution in [0.1, 0.15) is 5.69 Å². The van der Waals surface area contributed by atoms with E-state index in [4.69, 9.17) is 4.74 Å². The van der Waals surface area contributed by atoms with Crippen LogP contribution in [0.2, 0.25) is 0 Å². The van der Waals surface area contributed by atoms with Crippen LogP contribution in [0, 0.1) is 0 Å². The monoisotopic (exact) mass is 370 g/mol. The van der Waals surface area contributed by atoms with Crippen LogP contribution in [0.4, 0.5) is 5.69 Å². The van der Waals surface area contributed by atoms with Crippen molar-refractivity contribution in [2.24, 2.45) is 4.99 Å². The lowest BCUT2D eigenvalue weighted by Gasteiger charge is -2.06. The maximum Gasteiger partial charge on any atom is 0.342 e. The number of hydrogen-bond acceptors (Lipinski definition) is 5. The van der Waals surface area contributed by atoms with Gasteiger partial charge in [-0.05, 0) is 30.3 Å². The van der Waals surface area contributed by atoms with Crippen molar-refractivity contribution in [1.82, 2.24) is 4.57 Å². The van der Waals surface area contributed by atoms with E-state index in [0.29, 0.717) is 23.7 Å². The van der Waals surface area contributed by atoms with Crippen LogP contribution in [0.3, 0.4) is 0 Å². The van der Waals surface area contributed by atoms with Gasteiger partial charge in [0.25, 0.3) is 0 Å². The first-order valence-electron chi connectivity index (χ1n) is 7.95. The number of para-hydroxylation sites is 1. The van der Waals surface area contributed by atoms with Gasteiger partial charge in [0, 0.05) is 25.5 Å². The van der Waals surface area contributed by atoms with E-state index in [9.17, 15) is 15.0 Å². The van der Waals surface area contributed by atoms with E-state index in [1.54, 1.807) is 25.3 Å². The predicted molar refractivity (Wildman–Crippen MR) is 103 cm³/mol. The standard InChI is InChI=1S/C19H18N2O4S/c1-25-11-10-21-9-5-8-14(21)12-15-17(22)16(19(23)24)18(26-15)20-13-6-3-2-4-7-13/h2-9,12,22H,10-11H2,1H3,(H,23,24)/b15-12-,20-18?. The Balaban J connectivity index is 1.96. The third-order valence-corrected chi connectivity index (χ3v) is 4.79. The van der Waals surface area contributed by atoms with E-state index in [0.717, 1.165) is 17.5 Å². The molecule has 1 aliphatic rings. The minimum atomic E-state index is -1.21. The molecule has 1 aromatic heterocycles. The number of nitrogens with zero attached hydrogens (tertiary/aromatic N) is 2. The minimum Gasteiger partial charge on any atom is -0.506 e. The molecule has 0 spiro atoms. The summed E-state index contributed by atoms with van der Waals surface area (Å²) in [5.74, 6) is -1.47. The Labute approximate surface area is 155 Å². The van der Waals surface area contributed by atoms with Crippen molar-refractivity contribution >= 4 is 34.5 Å². The molecule has 0 aliphatic carbocycles. The number of methoxy groups -OCH3 is 1. The molecule has 3 rings (SSSR count). The molecule has 2 heterocycles. The number of hydrogen-bond donors (Lipinski definition) is 2. The molecule has 0 radical (unpaired) electrons. The average Bonchev–Trinajstić information content (AvgIpc) is 3.18. The fourth-order valence-corrected chi connectivity index (χ4v) is 3.53. The Morgan fingerprint density at radius 3 is 2.73 bits per heavy atom. The molecular formula is C19H18N2O4S. The van der Waals surface area contributed by atoms with Crippen molar-refractivity contribution in [3.8, 4) is 0 Å². The van der Waals surface area contributed by atoms with Gasteiger partial charge in [-0.25, -0.2) is 9.79 Å². The largest absolute Gasteiger partial charge is 0.506 e. The summed E-state index contributed by atoms with van der Waals surface area (Å²) in [7, 11) is 1.63. The Bertz CT molecular complexity index is 897. The molecule has 0 saturated carbocycles. The number of carboxylic acid groups (broad SMARTS) is 1. The topological polar surface area (TPSA) is 84.1 Å². The van der Waals surface area contributed by atoms with Gasteiger partial charge >= 0.3 is 5.97 Å². The van der Waals surface area contributed by atoms with E-state index in [1.807, 2.05) is 41.1 Å². The predicted octanol–water partition coefficient (Wildman–Crippen LogP) is 3.85. The average molecular weight is 370 g/mol. The zero-order chi connectivity index (χ0) is 18.5. The van der Waals surface area contributed by atoms with Gasteiger partial charge in [-0.1, -0.05) is 30.0 Å². The molecule has 0 fully saturated rings. The molecule has 0 bridgehead atoms. The molecule has 0 amide bonds. The van der Waals surface area contributed by atoms with Crippen molar-refractivity contribution in [1.29, 1.82) is 0 Å². The number of aliphatic hydroxyl groups excluding tert-OH is 1. The second kappa shape index (κ2) is 8.07. The van der Waals surface area contributed by atoms with E-state index in [2.05, 4.69) is 4.99 Å². The van der Waals surface area contributed by atoms with Gasteiger partial charge in [-0.2, -0.15) is 0 Å². The molecule has 0 atom stereocenters. The fraction of sp³-hybridized carbons (Fsp3) is 0.158. The van der Waals surface area contributed by atoms with Gasteiger partial charge < -0.3 is 19.5 Å². The third-order valence-electron chi connectivity index (χ3n) is 3.77. The van der Waals surface area contributed by atoms with Crippen molar-refractivity contribution in [3.05, 3.63) is 70.6 Å². The van der Waals surface area contributed by atoms with Gasteiger partial charge in [0.15, 0.2) is 0 Å². The fourth-order valence-electron chi connectivity index (χ4n) is 2.50. The van der Waals surface area contributed by atoms with Gasteiger partial charge in [-0.15, -0.1) is 0 Å². The maximum atomic E-state index is 11.6. The number of aliphatic imine (C=N–C) groups is 1. The number of carboxylic acids is 1. The number of aromatic nitrogens is 1. The van der Waals surface area contributed by atoms with Crippen LogP contribution in [0.5, 0.6) is 0 Å². The summed E-state index contributed by atoms with van der Waals surface area (Å²) in [5.41, 5.74) is 1.30. The summed E-state index contributed by atoms with van der Waals surface area (Å²) >= 11 is 1.14. The molecule has 7 heteroatoms. The molecule has 0 saturated heterocycles. The van der Waals surface area contributed by atoms with Crippen molar-refractivity contribution in [2.75, 3.05) is 13.7 Å². The van der Waals surface area contributed by atoms with E-state index < -0.39 is 5.97 Å². The molecule has 26 heavy (non-hydrogen) atoms. The Hall–Kier alpha value is -2.77. The Kier molecular flexibility index (Phi) is 5.60. The molecule has 1 aromatic carbocycles. The summed E-state index contributed by atoms with van der Waals surface area (Å²) in [5, 5.41) is 20.2. The van der Waals surface area contributed by atoms with Crippen LogP contribution in [0.25, 0.3) is 6.08 Å². The highest BCUT2D eigenvalue weighted by molar-refractivity contribution is 8.18. The van der Waals surface area contributed by atoms with Gasteiger partial charge in [0.1, 0.15) is 16.4 Å². The molecule has 2 N–H and O–H groups in total. The highest BCUT2D eigenvalue weighted by Crippen LogP contribution is 2.39. The molecule has 1 aliphatic heterocycles. The van der Waals surface area contributed by atoms with Crippen molar-refractivity contribution in [2.45, 2.75) is 6.54 Å². The third kappa shape index (κ3) is 3.89. The lowest BCUT2D eigenvalue weighted by Crippen LogP contribution is -2.07. The second-order valence-electron chi connectivity index (χ2n) is 5.51. The smallest absolute Gasteiger partial charge is 0.342 e. The Morgan fingerprint density at radius 1 is 1.27 bits per heavy atom. The minimum absolute atomic E-state index is 0.180. The number of ether oxygens (including phenoxy) is 1. The summed E-state index contributed by atoms with van der Waals surface area (Å²) in [4.78, 5) is 16.4. The molecular weight excluding hydrogens is 352 g/mol. The van der Waals surface area contributed by atoms with E-state index in [-0.39, 0.29) is 16.4 Å². The van der Waals surface area contributed by atoms with E-state index >= 15 is 0 Å². The first kappa shape index (κ1) is 18.0. The van der Waals surface area contributed by atoms with Crippen LogP contribution in [0.15, 0.2) is 69.9 Å². The number of aliphatic carboxylic acids is 1. The lowest BCUT2D eigenvalue weighted by molar-refractivity contribution is -0.132. The summed E-state index contributed by atoms with van der Waals surface area (Å²) < 4.78 is 7.06. The number of aliphatic hydroxyl groups is 1. The van der Waals surface area contributed by atoms with Crippen molar-refractivity contribution < 1.29 is 19.7 Å². The van der Waals surface area contributed by atoms with E-state index in [1.165, 1.54) is 0 Å². The van der Waals surface area contributed by atoms with Gasteiger partial charge in [0.05, 0.1) is 17.2 Å². The lowest BCUT2D eigenvalue weighted by atomic mass is 10.2. The quantitative estimate of drug-likeness (QED) is 0.807. The number of rotatable bonds is 6. The maximum absolute atomic E-state index is 11.6. The zero-order valence-corrected chi connectivity index (χ0v) is 14.9. The van der Waals surface area contributed by atoms with Gasteiger partial charge in [-0.3, -0.25) is 0 Å². The molecule has 2 aromatic rings. The van der Waals surface area contributed by atoms with Crippen molar-refractivity contribution in [3.63, 3.8) is 0 Å². The summed E-state index contributed by atoms with van der Waals surface area (Å²) in [6.45, 7) is 1.22. The number of thioether (sulfide) groups is 1. The zero-order valence-electron chi connectivity index (χ0n) is 14.1. The van der Waals surface area contributed by atoms with Crippen LogP contribution >= 0.6 is 11.8 Å². The first-order chi connectivity index (χ1) is 12.6. The second-order valence-corrected chi connectivity index (χ2v) is 6.54. The Morgan fingerprint density at radius 2 is 2.04 bits per heavy atom. The van der Waals surface area contributed by atoms with Crippen LogP contribution < -0.4 is 0 Å².